The number of anilines is 2. The minimum atomic E-state index is -0.858. The van der Waals surface area contributed by atoms with E-state index in [2.05, 4.69) is 26.6 Å². The highest BCUT2D eigenvalue weighted by Crippen LogP contribution is 2.29. The summed E-state index contributed by atoms with van der Waals surface area (Å²) in [5.74, 6) is -0.456. The number of nitrogen functional groups attached to an aromatic ring is 1. The van der Waals surface area contributed by atoms with Crippen LogP contribution in [0.2, 0.25) is 0 Å². The maximum atomic E-state index is 13.1. The van der Waals surface area contributed by atoms with Gasteiger partial charge in [-0.15, -0.1) is 0 Å². The average Bonchev–Trinajstić information content (AvgIpc) is 2.32. The molecule has 0 saturated carbocycles. The first-order chi connectivity index (χ1) is 10.1. The lowest BCUT2D eigenvalue weighted by Gasteiger charge is -2.21. The van der Waals surface area contributed by atoms with Crippen LogP contribution < -0.4 is 16.4 Å². The van der Waals surface area contributed by atoms with Crippen molar-refractivity contribution in [3.8, 4) is 0 Å². The molecule has 1 aromatic rings. The minimum absolute atomic E-state index is 0.0145. The van der Waals surface area contributed by atoms with Crippen LogP contribution in [0.1, 0.15) is 20.8 Å². The molecule has 0 spiro atoms. The molecule has 0 saturated heterocycles. The molecule has 1 atom stereocenters. The molecule has 0 aliphatic carbocycles. The first kappa shape index (κ1) is 18.5. The number of halogens is 2. The molecular weight excluding hydrogens is 357 g/mol. The Morgan fingerprint density at radius 3 is 2.64 bits per heavy atom. The second kappa shape index (κ2) is 7.64. The van der Waals surface area contributed by atoms with Crippen LogP contribution >= 0.6 is 15.9 Å². The van der Waals surface area contributed by atoms with Gasteiger partial charge in [0.05, 0.1) is 17.5 Å². The van der Waals surface area contributed by atoms with Crippen molar-refractivity contribution in [2.45, 2.75) is 32.5 Å². The molecule has 0 bridgehead atoms. The quantitative estimate of drug-likeness (QED) is 0.591. The predicted octanol–water partition coefficient (Wildman–Crippen LogP) is 2.47. The van der Waals surface area contributed by atoms with Crippen molar-refractivity contribution in [3.63, 3.8) is 0 Å². The van der Waals surface area contributed by atoms with E-state index in [9.17, 15) is 14.3 Å². The highest BCUT2D eigenvalue weighted by atomic mass is 79.9. The number of ether oxygens (including phenoxy) is 1. The van der Waals surface area contributed by atoms with Crippen LogP contribution in [-0.2, 0) is 4.74 Å². The summed E-state index contributed by atoms with van der Waals surface area (Å²) in [7, 11) is 0. The smallest absolute Gasteiger partial charge is 0.407 e. The normalized spacial score (nSPS) is 12.6. The summed E-state index contributed by atoms with van der Waals surface area (Å²) in [6.45, 7) is 5.39. The average molecular weight is 378 g/mol. The van der Waals surface area contributed by atoms with Gasteiger partial charge in [0.25, 0.3) is 0 Å². The van der Waals surface area contributed by atoms with E-state index in [1.165, 1.54) is 12.1 Å². The van der Waals surface area contributed by atoms with Gasteiger partial charge in [0.1, 0.15) is 11.4 Å². The van der Waals surface area contributed by atoms with Gasteiger partial charge < -0.3 is 26.2 Å². The fourth-order valence-electron chi connectivity index (χ4n) is 1.59. The first-order valence-corrected chi connectivity index (χ1v) is 7.51. The molecule has 5 N–H and O–H groups in total. The molecule has 8 heteroatoms. The molecule has 0 radical (unpaired) electrons. The Labute approximate surface area is 137 Å². The van der Waals surface area contributed by atoms with Gasteiger partial charge in [0.2, 0.25) is 0 Å². The van der Waals surface area contributed by atoms with E-state index in [-0.39, 0.29) is 18.8 Å². The molecule has 0 aliphatic heterocycles. The molecule has 1 aromatic carbocycles. The van der Waals surface area contributed by atoms with Gasteiger partial charge in [-0.2, -0.15) is 0 Å². The number of benzene rings is 1. The molecule has 1 rings (SSSR count). The number of amides is 1. The highest BCUT2D eigenvalue weighted by Gasteiger charge is 2.17. The summed E-state index contributed by atoms with van der Waals surface area (Å²) in [6.07, 6.45) is -1.46. The minimum Gasteiger partial charge on any atom is -0.444 e. The Morgan fingerprint density at radius 1 is 1.45 bits per heavy atom. The summed E-state index contributed by atoms with van der Waals surface area (Å²) >= 11 is 3.19. The fourth-order valence-corrected chi connectivity index (χ4v) is 2.18. The monoisotopic (exact) mass is 377 g/mol. The van der Waals surface area contributed by atoms with Gasteiger partial charge in [0.15, 0.2) is 0 Å². The summed E-state index contributed by atoms with van der Waals surface area (Å²) in [5, 5.41) is 15.2. The van der Waals surface area contributed by atoms with Crippen LogP contribution in [0.5, 0.6) is 0 Å². The molecule has 0 aromatic heterocycles. The van der Waals surface area contributed by atoms with E-state index in [1.807, 2.05) is 0 Å². The third-order valence-corrected chi connectivity index (χ3v) is 3.11. The van der Waals surface area contributed by atoms with Crippen LogP contribution in [0.4, 0.5) is 20.6 Å². The molecule has 22 heavy (non-hydrogen) atoms. The molecule has 0 aliphatic rings. The Kier molecular flexibility index (Phi) is 6.43. The Balaban J connectivity index is 2.44. The number of rotatable bonds is 5. The van der Waals surface area contributed by atoms with Crippen molar-refractivity contribution in [2.75, 3.05) is 24.1 Å². The zero-order chi connectivity index (χ0) is 16.9. The third-order valence-electron chi connectivity index (χ3n) is 2.48. The van der Waals surface area contributed by atoms with Crippen molar-refractivity contribution >= 4 is 33.4 Å². The molecular formula is C14H21BrFN3O3. The molecule has 1 amide bonds. The zero-order valence-corrected chi connectivity index (χ0v) is 14.3. The Hall–Kier alpha value is -1.54. The van der Waals surface area contributed by atoms with Gasteiger partial charge in [-0.1, -0.05) is 0 Å². The van der Waals surface area contributed by atoms with Gasteiger partial charge in [-0.25, -0.2) is 9.18 Å². The van der Waals surface area contributed by atoms with E-state index in [1.54, 1.807) is 20.8 Å². The molecule has 6 nitrogen and oxygen atoms in total. The van der Waals surface area contributed by atoms with E-state index < -0.39 is 23.6 Å². The summed E-state index contributed by atoms with van der Waals surface area (Å²) < 4.78 is 18.6. The van der Waals surface area contributed by atoms with E-state index in [4.69, 9.17) is 10.5 Å². The number of aliphatic hydroxyl groups excluding tert-OH is 1. The number of carbonyl (C=O) groups is 1. The van der Waals surface area contributed by atoms with E-state index in [0.29, 0.717) is 10.2 Å². The van der Waals surface area contributed by atoms with Crippen molar-refractivity contribution < 1.29 is 19.0 Å². The van der Waals surface area contributed by atoms with Gasteiger partial charge in [0, 0.05) is 17.6 Å². The van der Waals surface area contributed by atoms with Gasteiger partial charge in [-0.05, 0) is 48.8 Å². The Bertz CT molecular complexity index is 512. The van der Waals surface area contributed by atoms with E-state index >= 15 is 0 Å². The molecule has 124 valence electrons. The van der Waals surface area contributed by atoms with Crippen LogP contribution in [0, 0.1) is 5.82 Å². The second-order valence-corrected chi connectivity index (χ2v) is 6.62. The summed E-state index contributed by atoms with van der Waals surface area (Å²) in [6, 6.07) is 2.45. The number of carbonyl (C=O) groups excluding carboxylic acids is 1. The Morgan fingerprint density at radius 2 is 2.09 bits per heavy atom. The molecule has 0 heterocycles. The number of hydrogen-bond donors (Lipinski definition) is 4. The number of alkyl carbamates (subject to hydrolysis) is 1. The summed E-state index contributed by atoms with van der Waals surface area (Å²) in [5.41, 5.74) is 5.81. The van der Waals surface area contributed by atoms with Crippen LogP contribution in [0.25, 0.3) is 0 Å². The maximum absolute atomic E-state index is 13.1. The molecule has 0 fully saturated rings. The van der Waals surface area contributed by atoms with Crippen molar-refractivity contribution in [1.82, 2.24) is 5.32 Å². The standard InChI is InChI=1S/C14H21BrFN3O3/c1-14(2,3)22-13(21)19-7-9(20)6-18-12-10(15)4-8(16)5-11(12)17/h4-5,9,18,20H,6-7,17H2,1-3H3,(H,19,21). The van der Waals surface area contributed by atoms with Gasteiger partial charge in [-0.3, -0.25) is 0 Å². The number of nitrogens with two attached hydrogens (primary N) is 1. The van der Waals surface area contributed by atoms with Crippen molar-refractivity contribution in [2.24, 2.45) is 0 Å². The highest BCUT2D eigenvalue weighted by molar-refractivity contribution is 9.10. The lowest BCUT2D eigenvalue weighted by Crippen LogP contribution is -2.39. The molecule has 1 unspecified atom stereocenters. The van der Waals surface area contributed by atoms with E-state index in [0.717, 1.165) is 0 Å². The largest absolute Gasteiger partial charge is 0.444 e. The number of nitrogens with one attached hydrogen (secondary N) is 2. The van der Waals surface area contributed by atoms with Crippen molar-refractivity contribution in [3.05, 3.63) is 22.4 Å². The first-order valence-electron chi connectivity index (χ1n) is 6.72. The van der Waals surface area contributed by atoms with Crippen LogP contribution in [0.3, 0.4) is 0 Å². The maximum Gasteiger partial charge on any atom is 0.407 e. The van der Waals surface area contributed by atoms with Gasteiger partial charge >= 0.3 is 6.09 Å². The summed E-state index contributed by atoms with van der Waals surface area (Å²) in [4.78, 5) is 11.4. The fraction of sp³-hybridized carbons (Fsp3) is 0.500. The second-order valence-electron chi connectivity index (χ2n) is 5.77. The van der Waals surface area contributed by atoms with Crippen LogP contribution in [-0.4, -0.2) is 36.0 Å². The predicted molar refractivity (Wildman–Crippen MR) is 87.2 cm³/mol. The third kappa shape index (κ3) is 6.48. The number of hydrogen-bond acceptors (Lipinski definition) is 5. The lowest BCUT2D eigenvalue weighted by molar-refractivity contribution is 0.0496. The zero-order valence-electron chi connectivity index (χ0n) is 12.7. The SMILES string of the molecule is CC(C)(C)OC(=O)NCC(O)CNc1c(N)cc(F)cc1Br. The number of aliphatic hydroxyl groups is 1. The topological polar surface area (TPSA) is 96.6 Å². The lowest BCUT2D eigenvalue weighted by atomic mass is 10.2. The van der Waals surface area contributed by atoms with Crippen LogP contribution in [0.15, 0.2) is 16.6 Å². The van der Waals surface area contributed by atoms with Crippen molar-refractivity contribution in [1.29, 1.82) is 0 Å².